The van der Waals surface area contributed by atoms with Gasteiger partial charge in [-0.05, 0) is 38.5 Å². The van der Waals surface area contributed by atoms with Crippen molar-refractivity contribution in [2.75, 3.05) is 6.61 Å². The Labute approximate surface area is 123 Å². The number of carboxylic acids is 1. The summed E-state index contributed by atoms with van der Waals surface area (Å²) in [6.45, 7) is 4.58. The van der Waals surface area contributed by atoms with Crippen molar-refractivity contribution >= 4 is 22.8 Å². The maximum absolute atomic E-state index is 11.4. The number of aryl methyl sites for hydroxylation is 2. The van der Waals surface area contributed by atoms with E-state index in [0.29, 0.717) is 26.0 Å². The quantitative estimate of drug-likeness (QED) is 0.830. The molecular weight excluding hydrogens is 270 g/mol. The molecule has 0 fully saturated rings. The summed E-state index contributed by atoms with van der Waals surface area (Å²) in [5, 5.41) is 10.2. The van der Waals surface area contributed by atoms with Gasteiger partial charge in [-0.1, -0.05) is 11.6 Å². The number of fused-ring (bicyclic) bond motifs is 1. The van der Waals surface area contributed by atoms with Gasteiger partial charge in [0.1, 0.15) is 5.69 Å². The van der Waals surface area contributed by atoms with Crippen LogP contribution in [0.3, 0.4) is 0 Å². The molecule has 0 bridgehead atoms. The Morgan fingerprint density at radius 1 is 1.29 bits per heavy atom. The molecule has 0 aliphatic heterocycles. The number of nitrogens with zero attached hydrogens (tertiary/aromatic N) is 1. The molecule has 0 aliphatic rings. The fourth-order valence-electron chi connectivity index (χ4n) is 2.42. The molecule has 5 nitrogen and oxygen atoms in total. The minimum Gasteiger partial charge on any atom is -0.477 e. The van der Waals surface area contributed by atoms with E-state index >= 15 is 0 Å². The van der Waals surface area contributed by atoms with Gasteiger partial charge in [-0.2, -0.15) is 0 Å². The number of benzene rings is 1. The van der Waals surface area contributed by atoms with Gasteiger partial charge in [-0.25, -0.2) is 4.79 Å². The average molecular weight is 289 g/mol. The molecule has 0 unspecified atom stereocenters. The normalized spacial score (nSPS) is 10.8. The zero-order chi connectivity index (χ0) is 15.4. The summed E-state index contributed by atoms with van der Waals surface area (Å²) in [7, 11) is 0. The van der Waals surface area contributed by atoms with Crippen LogP contribution in [-0.2, 0) is 16.1 Å². The molecule has 2 aromatic rings. The Balaban J connectivity index is 2.22. The van der Waals surface area contributed by atoms with Gasteiger partial charge in [0.05, 0.1) is 6.61 Å². The Morgan fingerprint density at radius 3 is 2.71 bits per heavy atom. The van der Waals surface area contributed by atoms with Crippen LogP contribution in [0, 0.1) is 6.92 Å². The molecule has 0 saturated carbocycles. The molecule has 0 spiro atoms. The van der Waals surface area contributed by atoms with Gasteiger partial charge in [0.25, 0.3) is 0 Å². The van der Waals surface area contributed by atoms with E-state index in [0.717, 1.165) is 16.5 Å². The van der Waals surface area contributed by atoms with Gasteiger partial charge < -0.3 is 14.4 Å². The largest absolute Gasteiger partial charge is 0.477 e. The van der Waals surface area contributed by atoms with Crippen LogP contribution in [0.1, 0.15) is 35.8 Å². The molecule has 112 valence electrons. The third kappa shape index (κ3) is 3.42. The molecule has 1 aromatic heterocycles. The number of ether oxygens (including phenoxy) is 1. The lowest BCUT2D eigenvalue weighted by Crippen LogP contribution is -2.10. The van der Waals surface area contributed by atoms with Crippen LogP contribution in [0.15, 0.2) is 24.3 Å². The Kier molecular flexibility index (Phi) is 4.62. The number of aromatic carboxylic acids is 1. The number of carbonyl (C=O) groups excluding carboxylic acids is 1. The molecular formula is C16H19NO4. The van der Waals surface area contributed by atoms with E-state index in [-0.39, 0.29) is 11.7 Å². The first-order valence-corrected chi connectivity index (χ1v) is 7.01. The summed E-state index contributed by atoms with van der Waals surface area (Å²) >= 11 is 0. The van der Waals surface area contributed by atoms with Gasteiger partial charge in [0.15, 0.2) is 0 Å². The van der Waals surface area contributed by atoms with Crippen molar-refractivity contribution in [3.05, 3.63) is 35.5 Å². The van der Waals surface area contributed by atoms with Crippen molar-refractivity contribution in [1.82, 2.24) is 4.57 Å². The molecule has 1 heterocycles. The van der Waals surface area contributed by atoms with Gasteiger partial charge in [0, 0.05) is 23.9 Å². The molecule has 1 aromatic carbocycles. The number of carboxylic acid groups (broad SMARTS) is 1. The Hall–Kier alpha value is -2.30. The molecule has 0 radical (unpaired) electrons. The van der Waals surface area contributed by atoms with Crippen molar-refractivity contribution in [2.45, 2.75) is 33.2 Å². The first kappa shape index (κ1) is 15.1. The minimum absolute atomic E-state index is 0.248. The van der Waals surface area contributed by atoms with E-state index in [1.165, 1.54) is 0 Å². The summed E-state index contributed by atoms with van der Waals surface area (Å²) in [4.78, 5) is 22.7. The molecule has 0 aliphatic carbocycles. The highest BCUT2D eigenvalue weighted by Crippen LogP contribution is 2.22. The molecule has 5 heteroatoms. The first-order chi connectivity index (χ1) is 10.0. The summed E-state index contributed by atoms with van der Waals surface area (Å²) < 4.78 is 6.62. The highest BCUT2D eigenvalue weighted by atomic mass is 16.5. The predicted molar refractivity (Wildman–Crippen MR) is 79.5 cm³/mol. The number of esters is 1. The zero-order valence-corrected chi connectivity index (χ0v) is 12.3. The molecule has 1 N–H and O–H groups in total. The number of carbonyl (C=O) groups is 2. The monoisotopic (exact) mass is 289 g/mol. The second kappa shape index (κ2) is 6.43. The second-order valence-electron chi connectivity index (χ2n) is 4.96. The SMILES string of the molecule is CCOC(=O)CCCn1c(C(=O)O)cc2cc(C)ccc21. The number of rotatable bonds is 6. The van der Waals surface area contributed by atoms with Gasteiger partial charge >= 0.3 is 11.9 Å². The summed E-state index contributed by atoms with van der Waals surface area (Å²) in [6.07, 6.45) is 0.842. The topological polar surface area (TPSA) is 68.5 Å². The average Bonchev–Trinajstić information content (AvgIpc) is 2.77. The van der Waals surface area contributed by atoms with E-state index in [2.05, 4.69) is 0 Å². The lowest BCUT2D eigenvalue weighted by atomic mass is 10.2. The first-order valence-electron chi connectivity index (χ1n) is 7.01. The smallest absolute Gasteiger partial charge is 0.352 e. The lowest BCUT2D eigenvalue weighted by molar-refractivity contribution is -0.143. The standard InChI is InChI=1S/C16H19NO4/c1-3-21-15(18)5-4-8-17-13-7-6-11(2)9-12(13)10-14(17)16(19)20/h6-7,9-10H,3-5,8H2,1-2H3,(H,19,20). The van der Waals surface area contributed by atoms with Gasteiger partial charge in [0.2, 0.25) is 0 Å². The van der Waals surface area contributed by atoms with E-state index in [1.807, 2.05) is 25.1 Å². The Bertz CT molecular complexity index is 672. The van der Waals surface area contributed by atoms with Crippen molar-refractivity contribution in [3.8, 4) is 0 Å². The highest BCUT2D eigenvalue weighted by Gasteiger charge is 2.14. The lowest BCUT2D eigenvalue weighted by Gasteiger charge is -2.08. The van der Waals surface area contributed by atoms with Gasteiger partial charge in [-0.15, -0.1) is 0 Å². The molecule has 21 heavy (non-hydrogen) atoms. The third-order valence-corrected chi connectivity index (χ3v) is 3.34. The van der Waals surface area contributed by atoms with Crippen LogP contribution in [0.2, 0.25) is 0 Å². The maximum atomic E-state index is 11.4. The summed E-state index contributed by atoms with van der Waals surface area (Å²) in [5.41, 5.74) is 2.21. The van der Waals surface area contributed by atoms with Crippen molar-refractivity contribution in [3.63, 3.8) is 0 Å². The third-order valence-electron chi connectivity index (χ3n) is 3.34. The summed E-state index contributed by atoms with van der Waals surface area (Å²) in [5.74, 6) is -1.21. The van der Waals surface area contributed by atoms with Crippen LogP contribution in [0.25, 0.3) is 10.9 Å². The van der Waals surface area contributed by atoms with Crippen LogP contribution >= 0.6 is 0 Å². The predicted octanol–water partition coefficient (Wildman–Crippen LogP) is 2.99. The van der Waals surface area contributed by atoms with Gasteiger partial charge in [-0.3, -0.25) is 4.79 Å². The van der Waals surface area contributed by atoms with E-state index in [9.17, 15) is 14.7 Å². The fourth-order valence-corrected chi connectivity index (χ4v) is 2.42. The second-order valence-corrected chi connectivity index (χ2v) is 4.96. The highest BCUT2D eigenvalue weighted by molar-refractivity contribution is 5.94. The molecule has 0 saturated heterocycles. The Morgan fingerprint density at radius 2 is 2.05 bits per heavy atom. The molecule has 0 amide bonds. The summed E-state index contributed by atoms with van der Waals surface area (Å²) in [6, 6.07) is 7.51. The van der Waals surface area contributed by atoms with E-state index in [1.54, 1.807) is 17.6 Å². The van der Waals surface area contributed by atoms with Crippen molar-refractivity contribution in [2.24, 2.45) is 0 Å². The van der Waals surface area contributed by atoms with E-state index < -0.39 is 5.97 Å². The minimum atomic E-state index is -0.958. The van der Waals surface area contributed by atoms with Crippen LogP contribution in [0.5, 0.6) is 0 Å². The van der Waals surface area contributed by atoms with Crippen LogP contribution < -0.4 is 0 Å². The number of hydrogen-bond donors (Lipinski definition) is 1. The molecule has 0 atom stereocenters. The molecule has 2 rings (SSSR count). The fraction of sp³-hybridized carbons (Fsp3) is 0.375. The van der Waals surface area contributed by atoms with E-state index in [4.69, 9.17) is 4.74 Å². The number of hydrogen-bond acceptors (Lipinski definition) is 3. The zero-order valence-electron chi connectivity index (χ0n) is 12.3. The number of aromatic nitrogens is 1. The van der Waals surface area contributed by atoms with Crippen molar-refractivity contribution in [1.29, 1.82) is 0 Å². The maximum Gasteiger partial charge on any atom is 0.352 e. The van der Waals surface area contributed by atoms with Crippen LogP contribution in [0.4, 0.5) is 0 Å². The van der Waals surface area contributed by atoms with Crippen LogP contribution in [-0.4, -0.2) is 28.2 Å². The van der Waals surface area contributed by atoms with Crippen molar-refractivity contribution < 1.29 is 19.4 Å².